The van der Waals surface area contributed by atoms with Crippen LogP contribution in [0.15, 0.2) is 42.7 Å². The zero-order valence-corrected chi connectivity index (χ0v) is 11.5. The lowest BCUT2D eigenvalue weighted by molar-refractivity contribution is 0.567. The number of hydrogen-bond acceptors (Lipinski definition) is 3. The van der Waals surface area contributed by atoms with Crippen LogP contribution < -0.4 is 5.32 Å². The fourth-order valence-corrected chi connectivity index (χ4v) is 2.86. The van der Waals surface area contributed by atoms with Crippen molar-refractivity contribution in [3.05, 3.63) is 42.7 Å². The van der Waals surface area contributed by atoms with Crippen molar-refractivity contribution in [1.82, 2.24) is 9.97 Å². The van der Waals surface area contributed by atoms with Crippen molar-refractivity contribution in [1.29, 1.82) is 0 Å². The Morgan fingerprint density at radius 2 is 1.50 bits per heavy atom. The molecule has 1 N–H and O–H groups in total. The van der Waals surface area contributed by atoms with Crippen LogP contribution in [0.5, 0.6) is 0 Å². The van der Waals surface area contributed by atoms with Gasteiger partial charge in [-0.1, -0.05) is 30.3 Å². The number of nitrogens with one attached hydrogen (secondary N) is 1. The fourth-order valence-electron chi connectivity index (χ4n) is 2.86. The molecule has 2 aromatic rings. The van der Waals surface area contributed by atoms with Crippen LogP contribution in [-0.4, -0.2) is 16.0 Å². The second kappa shape index (κ2) is 4.89. The molecule has 3 heteroatoms. The summed E-state index contributed by atoms with van der Waals surface area (Å²) in [6.45, 7) is 0. The van der Waals surface area contributed by atoms with E-state index in [1.165, 1.54) is 25.7 Å². The highest BCUT2D eigenvalue weighted by Crippen LogP contribution is 2.45. The Morgan fingerprint density at radius 1 is 0.900 bits per heavy atom. The van der Waals surface area contributed by atoms with E-state index in [1.807, 2.05) is 42.7 Å². The Labute approximate surface area is 119 Å². The Balaban J connectivity index is 1.49. The van der Waals surface area contributed by atoms with Gasteiger partial charge in [0, 0.05) is 11.6 Å². The van der Waals surface area contributed by atoms with Gasteiger partial charge >= 0.3 is 0 Å². The van der Waals surface area contributed by atoms with Crippen molar-refractivity contribution in [2.75, 3.05) is 5.32 Å². The molecule has 0 aliphatic heterocycles. The van der Waals surface area contributed by atoms with Crippen LogP contribution in [0.2, 0.25) is 0 Å². The van der Waals surface area contributed by atoms with E-state index < -0.39 is 0 Å². The van der Waals surface area contributed by atoms with Gasteiger partial charge in [0.15, 0.2) is 5.82 Å². The molecule has 4 rings (SSSR count). The van der Waals surface area contributed by atoms with Crippen molar-refractivity contribution in [2.24, 2.45) is 11.8 Å². The molecule has 0 unspecified atom stereocenters. The predicted octanol–water partition coefficient (Wildman–Crippen LogP) is 3.74. The first-order chi connectivity index (χ1) is 9.90. The minimum atomic E-state index is 0.654. The van der Waals surface area contributed by atoms with Crippen LogP contribution in [0.1, 0.15) is 25.7 Å². The largest absolute Gasteiger partial charge is 0.379 e. The molecule has 1 aromatic carbocycles. The molecule has 1 heterocycles. The predicted molar refractivity (Wildman–Crippen MR) is 80.3 cm³/mol. The van der Waals surface area contributed by atoms with E-state index in [4.69, 9.17) is 0 Å². The molecule has 0 saturated heterocycles. The van der Waals surface area contributed by atoms with Gasteiger partial charge in [0.05, 0.1) is 18.1 Å². The van der Waals surface area contributed by atoms with Gasteiger partial charge < -0.3 is 5.32 Å². The molecule has 0 spiro atoms. The number of hydrogen-bond donors (Lipinski definition) is 1. The van der Waals surface area contributed by atoms with Gasteiger partial charge in [-0.15, -0.1) is 0 Å². The molecule has 2 fully saturated rings. The topological polar surface area (TPSA) is 37.8 Å². The highest BCUT2D eigenvalue weighted by atomic mass is 15.0. The molecule has 3 nitrogen and oxygen atoms in total. The standard InChI is InChI=1S/C17H19N3/c1-2-4-14(5-3-1)17-18-10-15(11-19-17)20-16(12-6-7-12)13-8-9-13/h1-5,10-13,16,20H,6-9H2. The van der Waals surface area contributed by atoms with Crippen LogP contribution in [0.4, 0.5) is 5.69 Å². The van der Waals surface area contributed by atoms with E-state index in [0.29, 0.717) is 6.04 Å². The first kappa shape index (κ1) is 11.9. The highest BCUT2D eigenvalue weighted by Gasteiger charge is 2.41. The van der Waals surface area contributed by atoms with E-state index in [9.17, 15) is 0 Å². The molecule has 0 atom stereocenters. The second-order valence-electron chi connectivity index (χ2n) is 6.01. The van der Waals surface area contributed by atoms with Gasteiger partial charge in [0.25, 0.3) is 0 Å². The van der Waals surface area contributed by atoms with Gasteiger partial charge in [-0.2, -0.15) is 0 Å². The van der Waals surface area contributed by atoms with Crippen LogP contribution >= 0.6 is 0 Å². The van der Waals surface area contributed by atoms with E-state index in [2.05, 4.69) is 15.3 Å². The van der Waals surface area contributed by atoms with Crippen molar-refractivity contribution in [3.8, 4) is 11.4 Å². The monoisotopic (exact) mass is 265 g/mol. The molecule has 0 radical (unpaired) electrons. The molecule has 0 amide bonds. The van der Waals surface area contributed by atoms with Gasteiger partial charge in [0.1, 0.15) is 0 Å². The molecule has 2 saturated carbocycles. The van der Waals surface area contributed by atoms with Crippen LogP contribution in [0.3, 0.4) is 0 Å². The van der Waals surface area contributed by atoms with Crippen molar-refractivity contribution < 1.29 is 0 Å². The number of anilines is 1. The first-order valence-corrected chi connectivity index (χ1v) is 7.54. The van der Waals surface area contributed by atoms with Gasteiger partial charge in [-0.05, 0) is 37.5 Å². The van der Waals surface area contributed by atoms with E-state index >= 15 is 0 Å². The number of benzene rings is 1. The molecule has 2 aliphatic carbocycles. The summed E-state index contributed by atoms with van der Waals surface area (Å²) in [6.07, 6.45) is 9.39. The summed E-state index contributed by atoms with van der Waals surface area (Å²) in [5.74, 6) is 2.57. The molecular weight excluding hydrogens is 246 g/mol. The lowest BCUT2D eigenvalue weighted by Crippen LogP contribution is -2.24. The van der Waals surface area contributed by atoms with Gasteiger partial charge in [-0.3, -0.25) is 0 Å². The lowest BCUT2D eigenvalue weighted by Gasteiger charge is -2.18. The number of nitrogens with zero attached hydrogens (tertiary/aromatic N) is 2. The van der Waals surface area contributed by atoms with Crippen LogP contribution in [0.25, 0.3) is 11.4 Å². The Bertz CT molecular complexity index is 559. The normalized spacial score (nSPS) is 18.2. The van der Waals surface area contributed by atoms with Crippen molar-refractivity contribution >= 4 is 5.69 Å². The summed E-state index contributed by atoms with van der Waals surface area (Å²) in [5, 5.41) is 3.66. The minimum Gasteiger partial charge on any atom is -0.379 e. The zero-order valence-electron chi connectivity index (χ0n) is 11.5. The summed E-state index contributed by atoms with van der Waals surface area (Å²) >= 11 is 0. The molecule has 0 bridgehead atoms. The first-order valence-electron chi connectivity index (χ1n) is 7.54. The Hall–Kier alpha value is -1.90. The number of rotatable bonds is 5. The average molecular weight is 265 g/mol. The van der Waals surface area contributed by atoms with Crippen LogP contribution in [-0.2, 0) is 0 Å². The van der Waals surface area contributed by atoms with Gasteiger partial charge in [0.2, 0.25) is 0 Å². The second-order valence-corrected chi connectivity index (χ2v) is 6.01. The van der Waals surface area contributed by atoms with E-state index in [1.54, 1.807) is 0 Å². The summed E-state index contributed by atoms with van der Waals surface area (Å²) in [5.41, 5.74) is 2.13. The Morgan fingerprint density at radius 3 is 2.05 bits per heavy atom. The molecule has 102 valence electrons. The summed E-state index contributed by atoms with van der Waals surface area (Å²) in [4.78, 5) is 8.98. The molecule has 20 heavy (non-hydrogen) atoms. The Kier molecular flexibility index (Phi) is 2.91. The summed E-state index contributed by atoms with van der Waals surface area (Å²) in [7, 11) is 0. The smallest absolute Gasteiger partial charge is 0.159 e. The molecule has 1 aromatic heterocycles. The van der Waals surface area contributed by atoms with E-state index in [-0.39, 0.29) is 0 Å². The van der Waals surface area contributed by atoms with Crippen molar-refractivity contribution in [3.63, 3.8) is 0 Å². The molecular formula is C17H19N3. The SMILES string of the molecule is c1ccc(-c2ncc(NC(C3CC3)C3CC3)cn2)cc1. The van der Waals surface area contributed by atoms with Gasteiger partial charge in [-0.25, -0.2) is 9.97 Å². The summed E-state index contributed by atoms with van der Waals surface area (Å²) < 4.78 is 0. The minimum absolute atomic E-state index is 0.654. The van der Waals surface area contributed by atoms with Crippen molar-refractivity contribution in [2.45, 2.75) is 31.7 Å². The lowest BCUT2D eigenvalue weighted by atomic mass is 10.1. The zero-order chi connectivity index (χ0) is 13.4. The average Bonchev–Trinajstić information content (AvgIpc) is 3.40. The fraction of sp³-hybridized carbons (Fsp3) is 0.412. The maximum absolute atomic E-state index is 4.49. The summed E-state index contributed by atoms with van der Waals surface area (Å²) in [6, 6.07) is 10.8. The third kappa shape index (κ3) is 2.53. The molecule has 2 aliphatic rings. The maximum atomic E-state index is 4.49. The quantitative estimate of drug-likeness (QED) is 0.894. The maximum Gasteiger partial charge on any atom is 0.159 e. The third-order valence-electron chi connectivity index (χ3n) is 4.28. The van der Waals surface area contributed by atoms with E-state index in [0.717, 1.165) is 28.9 Å². The van der Waals surface area contributed by atoms with Crippen LogP contribution in [0, 0.1) is 11.8 Å². The third-order valence-corrected chi connectivity index (χ3v) is 4.28. The number of aromatic nitrogens is 2. The highest BCUT2D eigenvalue weighted by molar-refractivity contribution is 5.55.